The third-order valence-corrected chi connectivity index (χ3v) is 8.33. The zero-order chi connectivity index (χ0) is 23.7. The SMILES string of the molecule is O=C(c1ccc(-c2ccncn2)cc1)N1CCN(S(=O)(=O)c2ccc3cc(Br)ccc3c2)CC1. The number of hydrogen-bond donors (Lipinski definition) is 0. The molecular formula is C25H21BrN4O3S. The maximum atomic E-state index is 13.2. The molecule has 1 aromatic heterocycles. The van der Waals surface area contributed by atoms with Gasteiger partial charge in [-0.25, -0.2) is 18.4 Å². The van der Waals surface area contributed by atoms with E-state index in [0.29, 0.717) is 18.7 Å². The van der Waals surface area contributed by atoms with Gasteiger partial charge in [0.2, 0.25) is 10.0 Å². The number of benzene rings is 3. The third kappa shape index (κ3) is 4.46. The Hall–Kier alpha value is -3.14. The van der Waals surface area contributed by atoms with Gasteiger partial charge >= 0.3 is 0 Å². The van der Waals surface area contributed by atoms with E-state index in [1.807, 2.05) is 42.5 Å². The van der Waals surface area contributed by atoms with Crippen molar-refractivity contribution >= 4 is 42.6 Å². The Labute approximate surface area is 206 Å². The summed E-state index contributed by atoms with van der Waals surface area (Å²) in [5.41, 5.74) is 2.25. The Balaban J connectivity index is 1.27. The fraction of sp³-hybridized carbons (Fsp3) is 0.160. The van der Waals surface area contributed by atoms with Crippen molar-refractivity contribution in [1.29, 1.82) is 0 Å². The minimum absolute atomic E-state index is 0.109. The molecule has 172 valence electrons. The maximum Gasteiger partial charge on any atom is 0.253 e. The van der Waals surface area contributed by atoms with E-state index in [2.05, 4.69) is 25.9 Å². The predicted octanol–water partition coefficient (Wildman–Crippen LogP) is 4.21. The van der Waals surface area contributed by atoms with Gasteiger partial charge in [0, 0.05) is 48.0 Å². The summed E-state index contributed by atoms with van der Waals surface area (Å²) in [5.74, 6) is -0.109. The smallest absolute Gasteiger partial charge is 0.253 e. The molecule has 2 heterocycles. The lowest BCUT2D eigenvalue weighted by Gasteiger charge is -2.34. The number of carbonyl (C=O) groups excluding carboxylic acids is 1. The minimum Gasteiger partial charge on any atom is -0.336 e. The monoisotopic (exact) mass is 536 g/mol. The first-order valence-corrected chi connectivity index (χ1v) is 13.0. The van der Waals surface area contributed by atoms with Crippen molar-refractivity contribution in [3.63, 3.8) is 0 Å². The van der Waals surface area contributed by atoms with E-state index in [1.165, 1.54) is 10.6 Å². The summed E-state index contributed by atoms with van der Waals surface area (Å²) in [6, 6.07) is 20.0. The number of carbonyl (C=O) groups is 1. The number of sulfonamides is 1. The van der Waals surface area contributed by atoms with Gasteiger partial charge in [0.05, 0.1) is 10.6 Å². The Morgan fingerprint density at radius 3 is 2.26 bits per heavy atom. The molecule has 1 fully saturated rings. The van der Waals surface area contributed by atoms with Crippen molar-refractivity contribution < 1.29 is 13.2 Å². The first-order chi connectivity index (χ1) is 16.4. The highest BCUT2D eigenvalue weighted by atomic mass is 79.9. The number of nitrogens with zero attached hydrogens (tertiary/aromatic N) is 4. The Morgan fingerprint density at radius 2 is 1.56 bits per heavy atom. The molecule has 34 heavy (non-hydrogen) atoms. The van der Waals surface area contributed by atoms with E-state index >= 15 is 0 Å². The summed E-state index contributed by atoms with van der Waals surface area (Å²) in [7, 11) is -3.64. The second kappa shape index (κ2) is 9.25. The zero-order valence-electron chi connectivity index (χ0n) is 18.1. The van der Waals surface area contributed by atoms with Gasteiger partial charge in [0.25, 0.3) is 5.91 Å². The van der Waals surface area contributed by atoms with Gasteiger partial charge in [-0.15, -0.1) is 0 Å². The van der Waals surface area contributed by atoms with Crippen LogP contribution >= 0.6 is 15.9 Å². The lowest BCUT2D eigenvalue weighted by atomic mass is 10.1. The second-order valence-electron chi connectivity index (χ2n) is 8.02. The molecule has 1 aliphatic heterocycles. The van der Waals surface area contributed by atoms with Gasteiger partial charge in [0.1, 0.15) is 6.33 Å². The predicted molar refractivity (Wildman–Crippen MR) is 134 cm³/mol. The molecule has 1 amide bonds. The number of rotatable bonds is 4. The molecule has 3 aromatic carbocycles. The van der Waals surface area contributed by atoms with Crippen LogP contribution in [0.4, 0.5) is 0 Å². The normalized spacial score (nSPS) is 14.9. The molecule has 0 saturated carbocycles. The summed E-state index contributed by atoms with van der Waals surface area (Å²) in [5, 5.41) is 1.83. The van der Waals surface area contributed by atoms with Crippen molar-refractivity contribution in [2.24, 2.45) is 0 Å². The van der Waals surface area contributed by atoms with Gasteiger partial charge < -0.3 is 4.90 Å². The molecule has 0 radical (unpaired) electrons. The van der Waals surface area contributed by atoms with Gasteiger partial charge in [0.15, 0.2) is 0 Å². The highest BCUT2D eigenvalue weighted by molar-refractivity contribution is 9.10. The molecule has 5 rings (SSSR count). The van der Waals surface area contributed by atoms with Crippen LogP contribution in [0.15, 0.2) is 88.6 Å². The average molecular weight is 537 g/mol. The third-order valence-electron chi connectivity index (χ3n) is 5.95. The van der Waals surface area contributed by atoms with Crippen LogP contribution in [0.1, 0.15) is 10.4 Å². The van der Waals surface area contributed by atoms with E-state index in [9.17, 15) is 13.2 Å². The summed E-state index contributed by atoms with van der Waals surface area (Å²) < 4.78 is 28.8. The van der Waals surface area contributed by atoms with Crippen molar-refractivity contribution in [3.8, 4) is 11.3 Å². The molecule has 4 aromatic rings. The van der Waals surface area contributed by atoms with Crippen LogP contribution in [0.25, 0.3) is 22.0 Å². The summed E-state index contributed by atoms with van der Waals surface area (Å²) >= 11 is 3.44. The van der Waals surface area contributed by atoms with Crippen molar-refractivity contribution in [2.75, 3.05) is 26.2 Å². The molecular weight excluding hydrogens is 516 g/mol. The lowest BCUT2D eigenvalue weighted by Crippen LogP contribution is -2.50. The first-order valence-electron chi connectivity index (χ1n) is 10.8. The number of fused-ring (bicyclic) bond motifs is 1. The number of halogens is 1. The lowest BCUT2D eigenvalue weighted by molar-refractivity contribution is 0.0698. The van der Waals surface area contributed by atoms with Crippen LogP contribution in [0.5, 0.6) is 0 Å². The standard InChI is InChI=1S/C25H21BrN4O3S/c26-22-7-5-21-16-23(8-6-20(21)15-22)34(32,33)30-13-11-29(12-14-30)25(31)19-3-1-18(2-4-19)24-9-10-27-17-28-24/h1-10,15-17H,11-14H2. The van der Waals surface area contributed by atoms with Crippen LogP contribution in [0, 0.1) is 0 Å². The molecule has 0 spiro atoms. The summed E-state index contributed by atoms with van der Waals surface area (Å²) in [4.78, 5) is 23.1. The van der Waals surface area contributed by atoms with Crippen molar-refractivity contribution in [3.05, 3.63) is 89.3 Å². The topological polar surface area (TPSA) is 83.5 Å². The highest BCUT2D eigenvalue weighted by Gasteiger charge is 2.30. The van der Waals surface area contributed by atoms with Crippen molar-refractivity contribution in [2.45, 2.75) is 4.90 Å². The van der Waals surface area contributed by atoms with E-state index in [-0.39, 0.29) is 23.9 Å². The maximum absolute atomic E-state index is 13.2. The van der Waals surface area contributed by atoms with Crippen LogP contribution in [0.3, 0.4) is 0 Å². The minimum atomic E-state index is -3.64. The number of hydrogen-bond acceptors (Lipinski definition) is 5. The molecule has 0 N–H and O–H groups in total. The van der Waals surface area contributed by atoms with Crippen molar-refractivity contribution in [1.82, 2.24) is 19.2 Å². The Kier molecular flexibility index (Phi) is 6.16. The molecule has 0 atom stereocenters. The second-order valence-corrected chi connectivity index (χ2v) is 10.9. The van der Waals surface area contributed by atoms with Gasteiger partial charge in [-0.2, -0.15) is 4.31 Å². The molecule has 1 saturated heterocycles. The van der Waals surface area contributed by atoms with E-state index < -0.39 is 10.0 Å². The highest BCUT2D eigenvalue weighted by Crippen LogP contribution is 2.25. The van der Waals surface area contributed by atoms with Crippen LogP contribution in [-0.4, -0.2) is 59.7 Å². The Morgan fingerprint density at radius 1 is 0.853 bits per heavy atom. The largest absolute Gasteiger partial charge is 0.336 e. The fourth-order valence-corrected chi connectivity index (χ4v) is 5.90. The number of piperazine rings is 1. The molecule has 0 unspecified atom stereocenters. The number of aromatic nitrogens is 2. The van der Waals surface area contributed by atoms with E-state index in [1.54, 1.807) is 35.4 Å². The van der Waals surface area contributed by atoms with Gasteiger partial charge in [-0.1, -0.05) is 40.2 Å². The molecule has 1 aliphatic rings. The van der Waals surface area contributed by atoms with Crippen LogP contribution in [-0.2, 0) is 10.0 Å². The van der Waals surface area contributed by atoms with E-state index in [0.717, 1.165) is 26.5 Å². The zero-order valence-corrected chi connectivity index (χ0v) is 20.5. The van der Waals surface area contributed by atoms with Gasteiger partial charge in [-0.3, -0.25) is 4.79 Å². The molecule has 9 heteroatoms. The molecule has 0 bridgehead atoms. The summed E-state index contributed by atoms with van der Waals surface area (Å²) in [6.45, 7) is 1.19. The Bertz CT molecular complexity index is 1450. The first kappa shape index (κ1) is 22.6. The molecule has 0 aliphatic carbocycles. The fourth-order valence-electron chi connectivity index (χ4n) is 4.06. The quantitative estimate of drug-likeness (QED) is 0.390. The van der Waals surface area contributed by atoms with E-state index in [4.69, 9.17) is 0 Å². The van der Waals surface area contributed by atoms with Crippen LogP contribution < -0.4 is 0 Å². The van der Waals surface area contributed by atoms with Gasteiger partial charge in [-0.05, 0) is 53.2 Å². The number of amides is 1. The molecule has 7 nitrogen and oxygen atoms in total. The van der Waals surface area contributed by atoms with Crippen LogP contribution in [0.2, 0.25) is 0 Å². The average Bonchev–Trinajstić information content (AvgIpc) is 2.88. The summed E-state index contributed by atoms with van der Waals surface area (Å²) in [6.07, 6.45) is 3.16.